The lowest BCUT2D eigenvalue weighted by atomic mass is 9.83. The quantitative estimate of drug-likeness (QED) is 0.871. The van der Waals surface area contributed by atoms with Crippen LogP contribution in [0.5, 0.6) is 5.75 Å². The van der Waals surface area contributed by atoms with E-state index in [2.05, 4.69) is 13.8 Å². The molecule has 1 N–H and O–H groups in total. The van der Waals surface area contributed by atoms with Crippen molar-refractivity contribution in [2.45, 2.75) is 57.7 Å². The molecule has 1 heterocycles. The number of ether oxygens (including phenoxy) is 1. The van der Waals surface area contributed by atoms with Crippen molar-refractivity contribution >= 4 is 11.6 Å². The Morgan fingerprint density at radius 2 is 2.22 bits per heavy atom. The summed E-state index contributed by atoms with van der Waals surface area (Å²) in [5.41, 5.74) is 0.610. The van der Waals surface area contributed by atoms with Crippen LogP contribution in [0.4, 0.5) is 0 Å². The highest BCUT2D eigenvalue weighted by molar-refractivity contribution is 6.30. The Morgan fingerprint density at radius 1 is 1.44 bits per heavy atom. The molecule has 18 heavy (non-hydrogen) atoms. The van der Waals surface area contributed by atoms with E-state index in [-0.39, 0.29) is 5.60 Å². The third-order valence-corrected chi connectivity index (χ3v) is 4.09. The van der Waals surface area contributed by atoms with Crippen molar-refractivity contribution < 1.29 is 9.84 Å². The van der Waals surface area contributed by atoms with Gasteiger partial charge in [-0.3, -0.25) is 0 Å². The first-order chi connectivity index (χ1) is 8.60. The average molecular weight is 269 g/mol. The Bertz CT molecular complexity index is 419. The Balaban J connectivity index is 2.27. The molecule has 0 radical (unpaired) electrons. The van der Waals surface area contributed by atoms with Crippen LogP contribution in [-0.2, 0) is 0 Å². The van der Waals surface area contributed by atoms with Crippen LogP contribution < -0.4 is 4.74 Å². The van der Waals surface area contributed by atoms with Crippen LogP contribution in [0, 0.1) is 0 Å². The molecule has 0 spiro atoms. The molecule has 1 aliphatic heterocycles. The molecule has 3 heteroatoms. The SMILES string of the molecule is CCCCC1(CC)C[C@H](O)c2cc(Cl)ccc2O1. The summed E-state index contributed by atoms with van der Waals surface area (Å²) in [6, 6.07) is 5.50. The van der Waals surface area contributed by atoms with Crippen molar-refractivity contribution in [2.24, 2.45) is 0 Å². The predicted octanol–water partition coefficient (Wildman–Crippen LogP) is 4.49. The zero-order valence-electron chi connectivity index (χ0n) is 11.1. The first-order valence-electron chi connectivity index (χ1n) is 6.77. The van der Waals surface area contributed by atoms with Gasteiger partial charge in [0.15, 0.2) is 0 Å². The van der Waals surface area contributed by atoms with Crippen LogP contribution >= 0.6 is 11.6 Å². The van der Waals surface area contributed by atoms with E-state index in [1.165, 1.54) is 0 Å². The minimum atomic E-state index is -0.468. The summed E-state index contributed by atoms with van der Waals surface area (Å²) >= 11 is 5.96. The molecule has 1 unspecified atom stereocenters. The summed E-state index contributed by atoms with van der Waals surface area (Å²) in [4.78, 5) is 0. The first-order valence-corrected chi connectivity index (χ1v) is 7.14. The van der Waals surface area contributed by atoms with Crippen LogP contribution in [-0.4, -0.2) is 10.7 Å². The lowest BCUT2D eigenvalue weighted by Crippen LogP contribution is -2.40. The van der Waals surface area contributed by atoms with Crippen LogP contribution in [0.15, 0.2) is 18.2 Å². The zero-order chi connectivity index (χ0) is 13.2. The van der Waals surface area contributed by atoms with Gasteiger partial charge in [0.25, 0.3) is 0 Å². The van der Waals surface area contributed by atoms with E-state index in [0.717, 1.165) is 37.0 Å². The number of hydrogen-bond donors (Lipinski definition) is 1. The number of halogens is 1. The molecule has 1 aromatic rings. The summed E-state index contributed by atoms with van der Waals surface area (Å²) in [7, 11) is 0. The molecule has 0 fully saturated rings. The Labute approximate surface area is 114 Å². The standard InChI is InChI=1S/C15H21ClO2/c1-3-5-8-15(4-2)10-13(17)12-9-11(16)6-7-14(12)18-15/h6-7,9,13,17H,3-5,8,10H2,1-2H3/t13-,15?/m0/s1. The molecule has 1 aliphatic rings. The Morgan fingerprint density at radius 3 is 2.89 bits per heavy atom. The molecule has 2 rings (SSSR count). The van der Waals surface area contributed by atoms with Gasteiger partial charge in [-0.15, -0.1) is 0 Å². The van der Waals surface area contributed by atoms with Crippen molar-refractivity contribution in [1.29, 1.82) is 0 Å². The second-order valence-corrected chi connectivity index (χ2v) is 5.58. The average Bonchev–Trinajstić information content (AvgIpc) is 2.37. The Kier molecular flexibility index (Phi) is 4.18. The monoisotopic (exact) mass is 268 g/mol. The lowest BCUT2D eigenvalue weighted by Gasteiger charge is -2.40. The summed E-state index contributed by atoms with van der Waals surface area (Å²) in [5, 5.41) is 11.0. The maximum atomic E-state index is 10.3. The third kappa shape index (κ3) is 2.65. The molecule has 0 aliphatic carbocycles. The van der Waals surface area contributed by atoms with E-state index in [4.69, 9.17) is 16.3 Å². The fourth-order valence-corrected chi connectivity index (χ4v) is 2.84. The van der Waals surface area contributed by atoms with E-state index in [1.54, 1.807) is 6.07 Å². The van der Waals surface area contributed by atoms with Gasteiger partial charge in [-0.25, -0.2) is 0 Å². The molecule has 2 atom stereocenters. The molecular formula is C15H21ClO2. The normalized spacial score (nSPS) is 26.6. The number of benzene rings is 1. The largest absolute Gasteiger partial charge is 0.487 e. The predicted molar refractivity (Wildman–Crippen MR) is 74.2 cm³/mol. The highest BCUT2D eigenvalue weighted by atomic mass is 35.5. The summed E-state index contributed by atoms with van der Waals surface area (Å²) in [6.45, 7) is 4.31. The maximum Gasteiger partial charge on any atom is 0.126 e. The smallest absolute Gasteiger partial charge is 0.126 e. The number of fused-ring (bicyclic) bond motifs is 1. The highest BCUT2D eigenvalue weighted by Crippen LogP contribution is 2.44. The number of rotatable bonds is 4. The number of unbranched alkanes of at least 4 members (excludes halogenated alkanes) is 1. The van der Waals surface area contributed by atoms with Gasteiger partial charge in [0.2, 0.25) is 0 Å². The second kappa shape index (κ2) is 5.50. The summed E-state index contributed by atoms with van der Waals surface area (Å²) < 4.78 is 6.18. The van der Waals surface area contributed by atoms with Crippen LogP contribution in [0.1, 0.15) is 57.6 Å². The van der Waals surface area contributed by atoms with Crippen molar-refractivity contribution in [3.63, 3.8) is 0 Å². The number of hydrogen-bond acceptors (Lipinski definition) is 2. The van der Waals surface area contributed by atoms with Crippen LogP contribution in [0.3, 0.4) is 0 Å². The van der Waals surface area contributed by atoms with Crippen molar-refractivity contribution in [2.75, 3.05) is 0 Å². The van der Waals surface area contributed by atoms with Crippen molar-refractivity contribution in [1.82, 2.24) is 0 Å². The van der Waals surface area contributed by atoms with E-state index >= 15 is 0 Å². The highest BCUT2D eigenvalue weighted by Gasteiger charge is 2.38. The van der Waals surface area contributed by atoms with Gasteiger partial charge in [-0.1, -0.05) is 31.9 Å². The third-order valence-electron chi connectivity index (χ3n) is 3.85. The van der Waals surface area contributed by atoms with Crippen molar-refractivity contribution in [3.8, 4) is 5.75 Å². The molecule has 0 aromatic heterocycles. The van der Waals surface area contributed by atoms with E-state index in [1.807, 2.05) is 12.1 Å². The lowest BCUT2D eigenvalue weighted by molar-refractivity contribution is -0.0240. The maximum absolute atomic E-state index is 10.3. The van der Waals surface area contributed by atoms with E-state index < -0.39 is 6.10 Å². The van der Waals surface area contributed by atoms with Crippen LogP contribution in [0.25, 0.3) is 0 Å². The molecular weight excluding hydrogens is 248 g/mol. The topological polar surface area (TPSA) is 29.5 Å². The molecule has 1 aromatic carbocycles. The zero-order valence-corrected chi connectivity index (χ0v) is 11.8. The van der Waals surface area contributed by atoms with Gasteiger partial charge < -0.3 is 9.84 Å². The minimum absolute atomic E-state index is 0.212. The van der Waals surface area contributed by atoms with Gasteiger partial charge in [0, 0.05) is 17.0 Å². The molecule has 0 saturated carbocycles. The van der Waals surface area contributed by atoms with Crippen LogP contribution in [0.2, 0.25) is 5.02 Å². The Hall–Kier alpha value is -0.730. The van der Waals surface area contributed by atoms with Gasteiger partial charge in [0.05, 0.1) is 6.10 Å². The van der Waals surface area contributed by atoms with E-state index in [9.17, 15) is 5.11 Å². The fourth-order valence-electron chi connectivity index (χ4n) is 2.66. The first kappa shape index (κ1) is 13.7. The summed E-state index contributed by atoms with van der Waals surface area (Å²) in [6.07, 6.45) is 4.39. The fraction of sp³-hybridized carbons (Fsp3) is 0.600. The molecule has 2 nitrogen and oxygen atoms in total. The molecule has 100 valence electrons. The molecule has 0 bridgehead atoms. The van der Waals surface area contributed by atoms with Gasteiger partial charge in [-0.2, -0.15) is 0 Å². The number of aliphatic hydroxyl groups is 1. The van der Waals surface area contributed by atoms with Gasteiger partial charge >= 0.3 is 0 Å². The minimum Gasteiger partial charge on any atom is -0.487 e. The van der Waals surface area contributed by atoms with Gasteiger partial charge in [0.1, 0.15) is 11.4 Å². The second-order valence-electron chi connectivity index (χ2n) is 5.14. The number of aliphatic hydroxyl groups excluding tert-OH is 1. The van der Waals surface area contributed by atoms with Crippen molar-refractivity contribution in [3.05, 3.63) is 28.8 Å². The summed E-state index contributed by atoms with van der Waals surface area (Å²) in [5.74, 6) is 0.788. The van der Waals surface area contributed by atoms with E-state index in [0.29, 0.717) is 11.4 Å². The molecule has 0 amide bonds. The molecule has 0 saturated heterocycles. The van der Waals surface area contributed by atoms with Gasteiger partial charge in [-0.05, 0) is 37.5 Å².